The maximum Gasteiger partial charge on any atom is 0.150 e. The molecule has 2 aromatic rings. The van der Waals surface area contributed by atoms with Crippen LogP contribution >= 0.6 is 11.3 Å². The number of nitrogens with two attached hydrogens (primary N) is 1. The van der Waals surface area contributed by atoms with E-state index < -0.39 is 0 Å². The predicted octanol–water partition coefficient (Wildman–Crippen LogP) is 2.56. The van der Waals surface area contributed by atoms with Gasteiger partial charge in [-0.05, 0) is 29.7 Å². The summed E-state index contributed by atoms with van der Waals surface area (Å²) in [6.45, 7) is 8.51. The van der Waals surface area contributed by atoms with Gasteiger partial charge < -0.3 is 10.6 Å². The van der Waals surface area contributed by atoms with Crippen LogP contribution in [0.4, 0.5) is 5.82 Å². The number of hydrogen-bond acceptors (Lipinski definition) is 5. The zero-order chi connectivity index (χ0) is 13.6. The number of fused-ring (bicyclic) bond motifs is 1. The molecular weight excluding hydrogens is 256 g/mol. The Morgan fingerprint density at radius 1 is 1.42 bits per heavy atom. The Morgan fingerprint density at radius 3 is 2.95 bits per heavy atom. The minimum Gasteiger partial charge on any atom is -0.355 e. The first-order valence-corrected chi connectivity index (χ1v) is 7.56. The van der Waals surface area contributed by atoms with Crippen molar-refractivity contribution in [2.75, 3.05) is 18.0 Å². The van der Waals surface area contributed by atoms with Crippen LogP contribution in [0.1, 0.15) is 25.8 Å². The van der Waals surface area contributed by atoms with E-state index in [1.54, 1.807) is 17.7 Å². The largest absolute Gasteiger partial charge is 0.355 e. The van der Waals surface area contributed by atoms with Crippen LogP contribution in [0.15, 0.2) is 11.7 Å². The molecule has 0 aromatic carbocycles. The summed E-state index contributed by atoms with van der Waals surface area (Å²) in [5.74, 6) is 1.07. The van der Waals surface area contributed by atoms with Gasteiger partial charge >= 0.3 is 0 Å². The molecule has 2 N–H and O–H groups in total. The summed E-state index contributed by atoms with van der Waals surface area (Å²) in [7, 11) is 0. The number of anilines is 1. The Bertz CT molecular complexity index is 605. The van der Waals surface area contributed by atoms with Crippen molar-refractivity contribution >= 4 is 27.4 Å². The van der Waals surface area contributed by atoms with Crippen molar-refractivity contribution in [2.24, 2.45) is 11.1 Å². The molecule has 1 fully saturated rings. The third-order valence-corrected chi connectivity index (χ3v) is 5.21. The van der Waals surface area contributed by atoms with Crippen molar-refractivity contribution in [3.8, 4) is 0 Å². The molecule has 1 unspecified atom stereocenters. The summed E-state index contributed by atoms with van der Waals surface area (Å²) in [6.07, 6.45) is 2.70. The van der Waals surface area contributed by atoms with Gasteiger partial charge in [0.05, 0.1) is 10.2 Å². The summed E-state index contributed by atoms with van der Waals surface area (Å²) in [5, 5.41) is 2.16. The second-order valence-electron chi connectivity index (χ2n) is 6.10. The van der Waals surface area contributed by atoms with Gasteiger partial charge in [-0.15, -0.1) is 11.3 Å². The van der Waals surface area contributed by atoms with Gasteiger partial charge in [-0.1, -0.05) is 13.8 Å². The highest BCUT2D eigenvalue weighted by Gasteiger charge is 2.34. The van der Waals surface area contributed by atoms with Gasteiger partial charge in [-0.3, -0.25) is 0 Å². The second kappa shape index (κ2) is 4.42. The molecule has 1 saturated heterocycles. The second-order valence-corrected chi connectivity index (χ2v) is 6.98. The monoisotopic (exact) mass is 276 g/mol. The molecule has 0 aliphatic carbocycles. The lowest BCUT2D eigenvalue weighted by atomic mass is 9.80. The number of aryl methyl sites for hydroxylation is 1. The number of piperidine rings is 1. The fourth-order valence-corrected chi connectivity index (χ4v) is 3.76. The third kappa shape index (κ3) is 2.11. The summed E-state index contributed by atoms with van der Waals surface area (Å²) < 4.78 is 1.20. The number of rotatable bonds is 1. The van der Waals surface area contributed by atoms with Crippen molar-refractivity contribution in [3.63, 3.8) is 0 Å². The van der Waals surface area contributed by atoms with Crippen molar-refractivity contribution < 1.29 is 0 Å². The molecule has 0 radical (unpaired) electrons. The highest BCUT2D eigenvalue weighted by atomic mass is 32.1. The van der Waals surface area contributed by atoms with Crippen LogP contribution < -0.4 is 10.6 Å². The van der Waals surface area contributed by atoms with Crippen LogP contribution in [0.25, 0.3) is 10.2 Å². The van der Waals surface area contributed by atoms with Gasteiger partial charge in [-0.2, -0.15) is 0 Å². The Balaban J connectivity index is 2.01. The lowest BCUT2D eigenvalue weighted by molar-refractivity contribution is 0.244. The van der Waals surface area contributed by atoms with E-state index in [0.717, 1.165) is 30.8 Å². The fraction of sp³-hybridized carbons (Fsp3) is 0.571. The van der Waals surface area contributed by atoms with Crippen LogP contribution in [0.2, 0.25) is 0 Å². The van der Waals surface area contributed by atoms with Crippen molar-refractivity contribution in [3.05, 3.63) is 17.3 Å². The highest BCUT2D eigenvalue weighted by Crippen LogP contribution is 2.35. The van der Waals surface area contributed by atoms with Crippen LogP contribution in [0.5, 0.6) is 0 Å². The predicted molar refractivity (Wildman–Crippen MR) is 80.7 cm³/mol. The quantitative estimate of drug-likeness (QED) is 0.869. The summed E-state index contributed by atoms with van der Waals surface area (Å²) in [4.78, 5) is 11.3. The molecule has 1 aliphatic rings. The van der Waals surface area contributed by atoms with Crippen molar-refractivity contribution in [2.45, 2.75) is 33.2 Å². The third-order valence-electron chi connectivity index (χ3n) is 4.12. The molecule has 102 valence electrons. The molecule has 0 spiro atoms. The smallest absolute Gasteiger partial charge is 0.150 e. The van der Waals surface area contributed by atoms with Crippen LogP contribution in [-0.2, 0) is 0 Å². The molecule has 19 heavy (non-hydrogen) atoms. The number of thiophene rings is 1. The van der Waals surface area contributed by atoms with Gasteiger partial charge in [0.2, 0.25) is 0 Å². The van der Waals surface area contributed by atoms with Gasteiger partial charge in [-0.25, -0.2) is 9.97 Å². The molecule has 3 heterocycles. The molecular formula is C14H20N4S. The van der Waals surface area contributed by atoms with Gasteiger partial charge in [0, 0.05) is 19.1 Å². The molecule has 4 nitrogen and oxygen atoms in total. The van der Waals surface area contributed by atoms with E-state index in [2.05, 4.69) is 41.0 Å². The highest BCUT2D eigenvalue weighted by molar-refractivity contribution is 7.18. The lowest BCUT2D eigenvalue weighted by Gasteiger charge is -2.43. The minimum absolute atomic E-state index is 0.127. The van der Waals surface area contributed by atoms with E-state index in [1.165, 1.54) is 10.3 Å². The Kier molecular flexibility index (Phi) is 2.98. The number of hydrogen-bond donors (Lipinski definition) is 1. The molecule has 0 amide bonds. The van der Waals surface area contributed by atoms with E-state index >= 15 is 0 Å². The molecule has 3 rings (SSSR count). The molecule has 0 saturated carbocycles. The lowest BCUT2D eigenvalue weighted by Crippen LogP contribution is -2.52. The zero-order valence-corrected chi connectivity index (χ0v) is 12.5. The Hall–Kier alpha value is -1.20. The van der Waals surface area contributed by atoms with E-state index in [1.807, 2.05) is 0 Å². The summed E-state index contributed by atoms with van der Waals surface area (Å²) >= 11 is 1.74. The molecule has 5 heteroatoms. The standard InChI is InChI=1S/C14H20N4S/c1-9-6-19-12-11(9)16-8-17-13(12)18-5-4-10(15)14(2,3)7-18/h6,8,10H,4-5,7,15H2,1-3H3. The minimum atomic E-state index is 0.127. The van der Waals surface area contributed by atoms with Crippen LogP contribution in [-0.4, -0.2) is 29.1 Å². The molecule has 1 atom stereocenters. The zero-order valence-electron chi connectivity index (χ0n) is 11.7. The maximum absolute atomic E-state index is 6.21. The van der Waals surface area contributed by atoms with Gasteiger partial charge in [0.15, 0.2) is 0 Å². The van der Waals surface area contributed by atoms with E-state index in [4.69, 9.17) is 5.73 Å². The van der Waals surface area contributed by atoms with Gasteiger partial charge in [0.25, 0.3) is 0 Å². The Morgan fingerprint density at radius 2 is 2.21 bits per heavy atom. The average Bonchev–Trinajstić information content (AvgIpc) is 2.75. The van der Waals surface area contributed by atoms with E-state index in [0.29, 0.717) is 0 Å². The van der Waals surface area contributed by atoms with Gasteiger partial charge in [0.1, 0.15) is 12.1 Å². The number of nitrogens with zero attached hydrogens (tertiary/aromatic N) is 3. The Labute approximate surface area is 117 Å². The topological polar surface area (TPSA) is 55.0 Å². The number of aromatic nitrogens is 2. The van der Waals surface area contributed by atoms with Crippen molar-refractivity contribution in [1.82, 2.24) is 9.97 Å². The van der Waals surface area contributed by atoms with Crippen molar-refractivity contribution in [1.29, 1.82) is 0 Å². The van der Waals surface area contributed by atoms with Crippen LogP contribution in [0.3, 0.4) is 0 Å². The maximum atomic E-state index is 6.21. The first-order valence-electron chi connectivity index (χ1n) is 6.68. The molecule has 2 aromatic heterocycles. The average molecular weight is 276 g/mol. The van der Waals surface area contributed by atoms with E-state index in [-0.39, 0.29) is 11.5 Å². The fourth-order valence-electron chi connectivity index (χ4n) is 2.74. The molecule has 0 bridgehead atoms. The summed E-state index contributed by atoms with van der Waals surface area (Å²) in [6, 6.07) is 0.270. The first-order chi connectivity index (χ1) is 8.99. The molecule has 1 aliphatic heterocycles. The van der Waals surface area contributed by atoms with E-state index in [9.17, 15) is 0 Å². The first kappa shape index (κ1) is 12.8. The SMILES string of the molecule is Cc1csc2c(N3CCC(N)C(C)(C)C3)ncnc12. The summed E-state index contributed by atoms with van der Waals surface area (Å²) in [5.41, 5.74) is 8.66. The normalized spacial score (nSPS) is 22.9. The van der Waals surface area contributed by atoms with Crippen LogP contribution in [0, 0.1) is 12.3 Å².